The molecule has 2 aromatic rings. The van der Waals surface area contributed by atoms with Gasteiger partial charge in [0.1, 0.15) is 12.7 Å². The molecule has 1 unspecified atom stereocenters. The van der Waals surface area contributed by atoms with E-state index in [9.17, 15) is 4.79 Å². The topological polar surface area (TPSA) is 55.8 Å². The standard InChI is InChI=1S/C19H16O4/c20-11-12-22-19(21)23-18-13-16-7-2-1-5-14(16)9-10-15-6-3-4-8-17(15)18/h1-8,18,20H,11-13H2. The van der Waals surface area contributed by atoms with Crippen LogP contribution in [-0.4, -0.2) is 24.5 Å². The summed E-state index contributed by atoms with van der Waals surface area (Å²) in [5, 5.41) is 8.74. The second kappa shape index (κ2) is 6.99. The molecule has 0 aliphatic heterocycles. The third kappa shape index (κ3) is 3.53. The Morgan fingerprint density at radius 3 is 2.61 bits per heavy atom. The average Bonchev–Trinajstić information content (AvgIpc) is 2.57. The number of benzene rings is 2. The predicted molar refractivity (Wildman–Crippen MR) is 84.8 cm³/mol. The molecule has 0 aromatic heterocycles. The number of rotatable bonds is 3. The molecule has 2 aromatic carbocycles. The minimum atomic E-state index is -0.787. The van der Waals surface area contributed by atoms with Gasteiger partial charge in [0.25, 0.3) is 0 Å². The molecular formula is C19H16O4. The smallest absolute Gasteiger partial charge is 0.432 e. The molecule has 1 aliphatic carbocycles. The summed E-state index contributed by atoms with van der Waals surface area (Å²) in [5.74, 6) is 6.32. The summed E-state index contributed by atoms with van der Waals surface area (Å²) in [7, 11) is 0. The Kier molecular flexibility index (Phi) is 4.60. The molecule has 116 valence electrons. The van der Waals surface area contributed by atoms with Crippen molar-refractivity contribution in [1.29, 1.82) is 0 Å². The highest BCUT2D eigenvalue weighted by atomic mass is 16.7. The van der Waals surface area contributed by atoms with E-state index in [0.717, 1.165) is 22.3 Å². The summed E-state index contributed by atoms with van der Waals surface area (Å²) in [6, 6.07) is 15.4. The van der Waals surface area contributed by atoms with Gasteiger partial charge in [-0.3, -0.25) is 0 Å². The summed E-state index contributed by atoms with van der Waals surface area (Å²) in [6.45, 7) is -0.311. The lowest BCUT2D eigenvalue weighted by Gasteiger charge is -2.21. The van der Waals surface area contributed by atoms with Gasteiger partial charge in [-0.2, -0.15) is 0 Å². The minimum Gasteiger partial charge on any atom is -0.432 e. The van der Waals surface area contributed by atoms with Crippen LogP contribution in [0.5, 0.6) is 0 Å². The van der Waals surface area contributed by atoms with Gasteiger partial charge in [0, 0.05) is 23.1 Å². The highest BCUT2D eigenvalue weighted by Gasteiger charge is 2.22. The van der Waals surface area contributed by atoms with Crippen molar-refractivity contribution in [2.45, 2.75) is 12.5 Å². The number of carbonyl (C=O) groups excluding carboxylic acids is 1. The Morgan fingerprint density at radius 1 is 1.09 bits per heavy atom. The van der Waals surface area contributed by atoms with Crippen molar-refractivity contribution in [3.05, 3.63) is 70.8 Å². The molecule has 0 amide bonds. The minimum absolute atomic E-state index is 0.0798. The van der Waals surface area contributed by atoms with Gasteiger partial charge >= 0.3 is 6.16 Å². The Morgan fingerprint density at radius 2 is 1.78 bits per heavy atom. The van der Waals surface area contributed by atoms with Crippen molar-refractivity contribution in [2.24, 2.45) is 0 Å². The van der Waals surface area contributed by atoms with Crippen LogP contribution in [0.3, 0.4) is 0 Å². The first-order valence-corrected chi connectivity index (χ1v) is 7.41. The Hall–Kier alpha value is -2.77. The van der Waals surface area contributed by atoms with Gasteiger partial charge in [-0.15, -0.1) is 0 Å². The van der Waals surface area contributed by atoms with Crippen LogP contribution < -0.4 is 0 Å². The molecule has 3 rings (SSSR count). The molecule has 0 saturated heterocycles. The van der Waals surface area contributed by atoms with Crippen LogP contribution >= 0.6 is 0 Å². The quantitative estimate of drug-likeness (QED) is 0.700. The lowest BCUT2D eigenvalue weighted by molar-refractivity contribution is 0.0146. The summed E-state index contributed by atoms with van der Waals surface area (Å²) in [4.78, 5) is 11.8. The lowest BCUT2D eigenvalue weighted by Crippen LogP contribution is -2.18. The summed E-state index contributed by atoms with van der Waals surface area (Å²) in [6.07, 6.45) is -0.742. The number of aliphatic hydroxyl groups is 1. The Labute approximate surface area is 134 Å². The third-order valence-corrected chi connectivity index (χ3v) is 3.61. The van der Waals surface area contributed by atoms with E-state index in [1.165, 1.54) is 0 Å². The van der Waals surface area contributed by atoms with Crippen LogP contribution in [0.2, 0.25) is 0 Å². The van der Waals surface area contributed by atoms with Gasteiger partial charge in [-0.05, 0) is 17.7 Å². The monoisotopic (exact) mass is 308 g/mol. The normalized spacial score (nSPS) is 15.1. The molecule has 0 spiro atoms. The van der Waals surface area contributed by atoms with Gasteiger partial charge in [-0.1, -0.05) is 48.2 Å². The molecule has 0 bridgehead atoms. The van der Waals surface area contributed by atoms with E-state index >= 15 is 0 Å². The van der Waals surface area contributed by atoms with Crippen LogP contribution in [0.1, 0.15) is 28.4 Å². The summed E-state index contributed by atoms with van der Waals surface area (Å²) in [5.41, 5.74) is 3.64. The van der Waals surface area contributed by atoms with Gasteiger partial charge in [0.15, 0.2) is 0 Å². The van der Waals surface area contributed by atoms with E-state index in [2.05, 4.69) is 11.8 Å². The van der Waals surface area contributed by atoms with E-state index in [0.29, 0.717) is 6.42 Å². The van der Waals surface area contributed by atoms with Crippen LogP contribution in [0.15, 0.2) is 48.5 Å². The first-order valence-electron chi connectivity index (χ1n) is 7.41. The SMILES string of the molecule is O=C(OCCO)OC1Cc2ccccc2C#Cc2ccccc21. The number of fused-ring (bicyclic) bond motifs is 2. The Bertz CT molecular complexity index is 770. The zero-order chi connectivity index (χ0) is 16.1. The fourth-order valence-corrected chi connectivity index (χ4v) is 2.54. The fourth-order valence-electron chi connectivity index (χ4n) is 2.54. The first-order chi connectivity index (χ1) is 11.3. The molecule has 1 aliphatic rings. The lowest BCUT2D eigenvalue weighted by atomic mass is 9.92. The van der Waals surface area contributed by atoms with Crippen LogP contribution in [0.4, 0.5) is 4.79 Å². The second-order valence-electron chi connectivity index (χ2n) is 5.13. The van der Waals surface area contributed by atoms with E-state index < -0.39 is 12.3 Å². The van der Waals surface area contributed by atoms with E-state index in [4.69, 9.17) is 14.6 Å². The first kappa shape index (κ1) is 15.1. The van der Waals surface area contributed by atoms with Crippen LogP contribution in [0, 0.1) is 11.8 Å². The molecule has 0 radical (unpaired) electrons. The van der Waals surface area contributed by atoms with Gasteiger partial charge < -0.3 is 14.6 Å². The highest BCUT2D eigenvalue weighted by Crippen LogP contribution is 2.28. The van der Waals surface area contributed by atoms with E-state index in [-0.39, 0.29) is 13.2 Å². The summed E-state index contributed by atoms with van der Waals surface area (Å²) >= 11 is 0. The molecular weight excluding hydrogens is 292 g/mol. The number of ether oxygens (including phenoxy) is 2. The van der Waals surface area contributed by atoms with Crippen molar-refractivity contribution < 1.29 is 19.4 Å². The number of hydrogen-bond donors (Lipinski definition) is 1. The fraction of sp³-hybridized carbons (Fsp3) is 0.211. The number of hydrogen-bond acceptors (Lipinski definition) is 4. The zero-order valence-electron chi connectivity index (χ0n) is 12.5. The van der Waals surface area contributed by atoms with Gasteiger partial charge in [0.05, 0.1) is 6.61 Å². The number of aliphatic hydroxyl groups excluding tert-OH is 1. The van der Waals surface area contributed by atoms with Gasteiger partial charge in [-0.25, -0.2) is 4.79 Å². The molecule has 23 heavy (non-hydrogen) atoms. The maximum absolute atomic E-state index is 11.8. The second-order valence-corrected chi connectivity index (χ2v) is 5.13. The maximum atomic E-state index is 11.8. The summed E-state index contributed by atoms with van der Waals surface area (Å²) < 4.78 is 10.3. The molecule has 4 heteroatoms. The maximum Gasteiger partial charge on any atom is 0.508 e. The van der Waals surface area contributed by atoms with Crippen molar-refractivity contribution in [1.82, 2.24) is 0 Å². The van der Waals surface area contributed by atoms with Crippen molar-refractivity contribution in [2.75, 3.05) is 13.2 Å². The van der Waals surface area contributed by atoms with E-state index in [1.54, 1.807) is 0 Å². The highest BCUT2D eigenvalue weighted by molar-refractivity contribution is 5.61. The molecule has 0 heterocycles. The average molecular weight is 308 g/mol. The third-order valence-electron chi connectivity index (χ3n) is 3.61. The van der Waals surface area contributed by atoms with Crippen molar-refractivity contribution in [3.8, 4) is 11.8 Å². The largest absolute Gasteiger partial charge is 0.508 e. The van der Waals surface area contributed by atoms with Gasteiger partial charge in [0.2, 0.25) is 0 Å². The van der Waals surface area contributed by atoms with Crippen LogP contribution in [0.25, 0.3) is 0 Å². The number of carbonyl (C=O) groups is 1. The van der Waals surface area contributed by atoms with E-state index in [1.807, 2.05) is 48.5 Å². The molecule has 1 N–H and O–H groups in total. The zero-order valence-corrected chi connectivity index (χ0v) is 12.5. The molecule has 1 atom stereocenters. The van der Waals surface area contributed by atoms with Crippen molar-refractivity contribution >= 4 is 6.16 Å². The Balaban J connectivity index is 1.96. The molecule has 0 saturated carbocycles. The van der Waals surface area contributed by atoms with Crippen molar-refractivity contribution in [3.63, 3.8) is 0 Å². The van der Waals surface area contributed by atoms with Crippen LogP contribution in [-0.2, 0) is 15.9 Å². The molecule has 4 nitrogen and oxygen atoms in total. The molecule has 0 fully saturated rings. The predicted octanol–water partition coefficient (Wildman–Crippen LogP) is 2.83.